The molecule has 0 aliphatic carbocycles. The van der Waals surface area contributed by atoms with Gasteiger partial charge in [-0.05, 0) is 54.4 Å². The molecular formula is C29H26FNO6. The summed E-state index contributed by atoms with van der Waals surface area (Å²) in [6.07, 6.45) is 1.88. The van der Waals surface area contributed by atoms with Crippen molar-refractivity contribution < 1.29 is 27.8 Å². The molecule has 3 aromatic carbocycles. The van der Waals surface area contributed by atoms with Gasteiger partial charge < -0.3 is 18.6 Å². The van der Waals surface area contributed by atoms with Crippen LogP contribution in [0.5, 0.6) is 17.2 Å². The minimum Gasteiger partial charge on any atom is -0.497 e. The highest BCUT2D eigenvalue weighted by Crippen LogP contribution is 2.43. The smallest absolute Gasteiger partial charge is 0.295 e. The normalized spacial score (nSPS) is 14.6. The van der Waals surface area contributed by atoms with Crippen molar-refractivity contribution in [2.75, 3.05) is 25.7 Å². The van der Waals surface area contributed by atoms with E-state index in [1.54, 1.807) is 42.5 Å². The fourth-order valence-corrected chi connectivity index (χ4v) is 4.59. The van der Waals surface area contributed by atoms with Gasteiger partial charge in [-0.2, -0.15) is 0 Å². The molecule has 0 saturated heterocycles. The summed E-state index contributed by atoms with van der Waals surface area (Å²) in [4.78, 5) is 29.0. The molecule has 1 atom stereocenters. The summed E-state index contributed by atoms with van der Waals surface area (Å²) in [5, 5.41) is 0.0653. The number of carbonyl (C=O) groups excluding carboxylic acids is 1. The molecule has 1 amide bonds. The molecule has 0 N–H and O–H groups in total. The summed E-state index contributed by atoms with van der Waals surface area (Å²) in [5.41, 5.74) is 0.923. The van der Waals surface area contributed by atoms with Crippen LogP contribution in [0, 0.1) is 5.82 Å². The average molecular weight is 504 g/mol. The second-order valence-corrected chi connectivity index (χ2v) is 8.71. The molecule has 7 nitrogen and oxygen atoms in total. The topological polar surface area (TPSA) is 78.2 Å². The van der Waals surface area contributed by atoms with Crippen LogP contribution in [-0.4, -0.2) is 26.7 Å². The third-order valence-corrected chi connectivity index (χ3v) is 6.42. The fraction of sp³-hybridized carbons (Fsp3) is 0.241. The van der Waals surface area contributed by atoms with Crippen LogP contribution in [0.15, 0.2) is 69.9 Å². The molecule has 190 valence electrons. The Hall–Kier alpha value is -4.33. The predicted molar refractivity (Wildman–Crippen MR) is 137 cm³/mol. The van der Waals surface area contributed by atoms with Gasteiger partial charge in [0, 0.05) is 11.8 Å². The van der Waals surface area contributed by atoms with Crippen LogP contribution in [0.3, 0.4) is 0 Å². The Kier molecular flexibility index (Phi) is 6.56. The maximum Gasteiger partial charge on any atom is 0.295 e. The zero-order chi connectivity index (χ0) is 26.1. The molecule has 0 saturated carbocycles. The van der Waals surface area contributed by atoms with E-state index in [9.17, 15) is 14.0 Å². The average Bonchev–Trinajstić information content (AvgIpc) is 3.21. The summed E-state index contributed by atoms with van der Waals surface area (Å²) in [6.45, 7) is 2.61. The van der Waals surface area contributed by atoms with E-state index >= 15 is 0 Å². The number of unbranched alkanes of at least 4 members (excludes halogenated alkanes) is 1. The summed E-state index contributed by atoms with van der Waals surface area (Å²) in [6, 6.07) is 15.1. The summed E-state index contributed by atoms with van der Waals surface area (Å²) < 4.78 is 36.8. The van der Waals surface area contributed by atoms with Gasteiger partial charge in [-0.1, -0.05) is 25.5 Å². The van der Waals surface area contributed by atoms with Gasteiger partial charge in [0.25, 0.3) is 5.91 Å². The van der Waals surface area contributed by atoms with Gasteiger partial charge in [0.15, 0.2) is 16.9 Å². The number of carbonyl (C=O) groups is 1. The molecule has 2 heterocycles. The molecule has 0 spiro atoms. The van der Waals surface area contributed by atoms with Gasteiger partial charge in [0.2, 0.25) is 5.76 Å². The van der Waals surface area contributed by atoms with Crippen molar-refractivity contribution in [1.82, 2.24) is 0 Å². The zero-order valence-corrected chi connectivity index (χ0v) is 20.7. The van der Waals surface area contributed by atoms with Crippen molar-refractivity contribution in [2.24, 2.45) is 0 Å². The molecule has 1 aliphatic heterocycles. The van der Waals surface area contributed by atoms with Crippen LogP contribution < -0.4 is 24.5 Å². The minimum absolute atomic E-state index is 0.0653. The highest BCUT2D eigenvalue weighted by molar-refractivity contribution is 6.10. The Morgan fingerprint density at radius 2 is 1.81 bits per heavy atom. The number of benzene rings is 3. The summed E-state index contributed by atoms with van der Waals surface area (Å²) in [7, 11) is 3.07. The summed E-state index contributed by atoms with van der Waals surface area (Å²) >= 11 is 0. The van der Waals surface area contributed by atoms with Gasteiger partial charge in [0.05, 0.1) is 37.8 Å². The van der Waals surface area contributed by atoms with Gasteiger partial charge in [0.1, 0.15) is 17.1 Å². The van der Waals surface area contributed by atoms with Crippen molar-refractivity contribution in [3.8, 4) is 17.2 Å². The number of rotatable bonds is 8. The lowest BCUT2D eigenvalue weighted by atomic mass is 9.97. The molecule has 0 fully saturated rings. The lowest BCUT2D eigenvalue weighted by Crippen LogP contribution is -2.29. The Morgan fingerprint density at radius 1 is 0.973 bits per heavy atom. The largest absolute Gasteiger partial charge is 0.497 e. The van der Waals surface area contributed by atoms with Crippen molar-refractivity contribution in [1.29, 1.82) is 0 Å². The quantitative estimate of drug-likeness (QED) is 0.280. The number of methoxy groups -OCH3 is 2. The van der Waals surface area contributed by atoms with Crippen molar-refractivity contribution >= 4 is 22.6 Å². The van der Waals surface area contributed by atoms with Gasteiger partial charge >= 0.3 is 0 Å². The van der Waals surface area contributed by atoms with Gasteiger partial charge in [-0.25, -0.2) is 4.39 Å². The third kappa shape index (κ3) is 4.28. The van der Waals surface area contributed by atoms with Crippen molar-refractivity contribution in [2.45, 2.75) is 25.8 Å². The number of anilines is 1. The first-order chi connectivity index (χ1) is 18.0. The Labute approximate surface area is 213 Å². The predicted octanol–water partition coefficient (Wildman–Crippen LogP) is 5.88. The molecule has 1 aromatic heterocycles. The van der Waals surface area contributed by atoms with E-state index in [1.807, 2.05) is 0 Å². The minimum atomic E-state index is -0.850. The molecule has 8 heteroatoms. The number of hydrogen-bond donors (Lipinski definition) is 0. The van der Waals surface area contributed by atoms with Crippen molar-refractivity contribution in [3.05, 3.63) is 93.6 Å². The monoisotopic (exact) mass is 503 g/mol. The number of hydrogen-bond acceptors (Lipinski definition) is 6. The highest BCUT2D eigenvalue weighted by Gasteiger charge is 2.44. The number of fused-ring (bicyclic) bond motifs is 2. The van der Waals surface area contributed by atoms with E-state index in [1.165, 1.54) is 31.3 Å². The molecule has 5 rings (SSSR count). The van der Waals surface area contributed by atoms with E-state index in [-0.39, 0.29) is 22.3 Å². The fourth-order valence-electron chi connectivity index (χ4n) is 4.59. The summed E-state index contributed by atoms with van der Waals surface area (Å²) in [5.74, 6) is 0.434. The Bertz CT molecular complexity index is 1550. The van der Waals surface area contributed by atoms with E-state index in [2.05, 4.69) is 6.92 Å². The third-order valence-electron chi connectivity index (χ3n) is 6.42. The van der Waals surface area contributed by atoms with Crippen LogP contribution >= 0.6 is 0 Å². The van der Waals surface area contributed by atoms with Gasteiger partial charge in [-0.3, -0.25) is 14.5 Å². The number of amides is 1. The maximum atomic E-state index is 14.1. The van der Waals surface area contributed by atoms with Crippen LogP contribution in [0.4, 0.5) is 10.1 Å². The Morgan fingerprint density at radius 3 is 2.57 bits per heavy atom. The lowest BCUT2D eigenvalue weighted by molar-refractivity contribution is 0.0971. The van der Waals surface area contributed by atoms with E-state index in [0.29, 0.717) is 35.1 Å². The SMILES string of the molecule is CCCCOc1ccc(C2c3c(oc4ccc(F)cc4c3=O)C(=O)N2c2cccc(OC)c2)cc1OC. The number of halogens is 1. The standard InChI is InChI=1S/C29H26FNO6/c1-4-5-13-36-23-11-9-17(14-24(23)35-3)26-25-27(32)21-15-18(30)10-12-22(21)37-28(25)29(33)31(26)19-7-6-8-20(16-19)34-2/h6-12,14-16,26H,4-5,13H2,1-3H3. The second kappa shape index (κ2) is 9.97. The molecular weight excluding hydrogens is 477 g/mol. The van der Waals surface area contributed by atoms with Crippen LogP contribution in [0.25, 0.3) is 11.0 Å². The number of ether oxygens (including phenoxy) is 3. The van der Waals surface area contributed by atoms with E-state index < -0.39 is 23.2 Å². The second-order valence-electron chi connectivity index (χ2n) is 8.71. The highest BCUT2D eigenvalue weighted by atomic mass is 19.1. The van der Waals surface area contributed by atoms with Crippen LogP contribution in [-0.2, 0) is 0 Å². The Balaban J connectivity index is 1.72. The lowest BCUT2D eigenvalue weighted by Gasteiger charge is -2.26. The van der Waals surface area contributed by atoms with Gasteiger partial charge in [-0.15, -0.1) is 0 Å². The molecule has 4 aromatic rings. The molecule has 1 aliphatic rings. The first-order valence-corrected chi connectivity index (χ1v) is 12.0. The first-order valence-electron chi connectivity index (χ1n) is 12.0. The van der Waals surface area contributed by atoms with Crippen molar-refractivity contribution in [3.63, 3.8) is 0 Å². The van der Waals surface area contributed by atoms with Crippen LogP contribution in [0.2, 0.25) is 0 Å². The van der Waals surface area contributed by atoms with E-state index in [4.69, 9.17) is 18.6 Å². The van der Waals surface area contributed by atoms with Crippen LogP contribution in [0.1, 0.15) is 47.5 Å². The molecule has 0 radical (unpaired) electrons. The number of nitrogens with zero attached hydrogens (tertiary/aromatic N) is 1. The first kappa shape index (κ1) is 24.4. The van der Waals surface area contributed by atoms with E-state index in [0.717, 1.165) is 18.9 Å². The molecule has 1 unspecified atom stereocenters. The molecule has 37 heavy (non-hydrogen) atoms. The zero-order valence-electron chi connectivity index (χ0n) is 20.7. The maximum absolute atomic E-state index is 14.1. The molecule has 0 bridgehead atoms.